The van der Waals surface area contributed by atoms with Crippen LogP contribution >= 0.6 is 0 Å². The van der Waals surface area contributed by atoms with Crippen molar-refractivity contribution in [3.05, 3.63) is 22.8 Å². The topological polar surface area (TPSA) is 107 Å². The number of halogens is 1. The fourth-order valence-corrected chi connectivity index (χ4v) is 1.51. The highest BCUT2D eigenvalue weighted by molar-refractivity contribution is 5.80. The Hall–Kier alpha value is -2.18. The minimum Gasteiger partial charge on any atom is -0.481 e. The average molecular weight is 243 g/mol. The molecule has 1 heterocycles. The van der Waals surface area contributed by atoms with Crippen molar-refractivity contribution in [1.29, 1.82) is 0 Å². The van der Waals surface area contributed by atoms with Crippen LogP contribution in [0.5, 0.6) is 0 Å². The van der Waals surface area contributed by atoms with Crippen LogP contribution < -0.4 is 0 Å². The number of carbonyl (C=O) groups is 3. The van der Waals surface area contributed by atoms with E-state index in [0.29, 0.717) is 6.29 Å². The summed E-state index contributed by atoms with van der Waals surface area (Å²) in [6.45, 7) is 0. The van der Waals surface area contributed by atoms with Crippen molar-refractivity contribution in [2.24, 2.45) is 0 Å². The molecule has 0 amide bonds. The van der Waals surface area contributed by atoms with E-state index in [1.807, 2.05) is 0 Å². The zero-order chi connectivity index (χ0) is 13.0. The summed E-state index contributed by atoms with van der Waals surface area (Å²) in [7, 11) is 0. The van der Waals surface area contributed by atoms with Crippen LogP contribution in [0.3, 0.4) is 0 Å². The van der Waals surface area contributed by atoms with Gasteiger partial charge in [0.2, 0.25) is 0 Å². The predicted octanol–water partition coefficient (Wildman–Crippen LogP) is 0.611. The fourth-order valence-electron chi connectivity index (χ4n) is 1.51. The number of carbonyl (C=O) groups excluding carboxylic acids is 1. The number of carboxylic acids is 2. The molecule has 1 aromatic heterocycles. The van der Waals surface area contributed by atoms with Gasteiger partial charge in [-0.15, -0.1) is 0 Å². The molecule has 3 N–H and O–H groups in total. The number of rotatable bonds is 6. The van der Waals surface area contributed by atoms with Gasteiger partial charge in [-0.05, 0) is 12.0 Å². The lowest BCUT2D eigenvalue weighted by Gasteiger charge is -2.00. The van der Waals surface area contributed by atoms with E-state index in [1.165, 1.54) is 0 Å². The molecule has 0 spiro atoms. The smallest absolute Gasteiger partial charge is 0.307 e. The Morgan fingerprint density at radius 3 is 2.35 bits per heavy atom. The van der Waals surface area contributed by atoms with Crippen molar-refractivity contribution >= 4 is 18.2 Å². The van der Waals surface area contributed by atoms with Gasteiger partial charge in [0.15, 0.2) is 12.2 Å². The zero-order valence-electron chi connectivity index (χ0n) is 8.70. The SMILES string of the molecule is O=Cc1[nH]c(F)c(CCC(=O)O)c1CC(=O)O. The van der Waals surface area contributed by atoms with Crippen molar-refractivity contribution in [3.8, 4) is 0 Å². The second-order valence-electron chi connectivity index (χ2n) is 3.39. The molecule has 0 aliphatic rings. The van der Waals surface area contributed by atoms with E-state index < -0.39 is 24.3 Å². The molecule has 17 heavy (non-hydrogen) atoms. The van der Waals surface area contributed by atoms with Gasteiger partial charge in [0.05, 0.1) is 12.1 Å². The van der Waals surface area contributed by atoms with Crippen LogP contribution in [0.2, 0.25) is 0 Å². The van der Waals surface area contributed by atoms with E-state index in [2.05, 4.69) is 4.98 Å². The van der Waals surface area contributed by atoms with Gasteiger partial charge in [0.25, 0.3) is 0 Å². The first kappa shape index (κ1) is 12.9. The molecule has 0 unspecified atom stereocenters. The van der Waals surface area contributed by atoms with Gasteiger partial charge in [-0.3, -0.25) is 14.4 Å². The van der Waals surface area contributed by atoms with Crippen LogP contribution in [0.15, 0.2) is 0 Å². The minimum atomic E-state index is -1.22. The third-order valence-corrected chi connectivity index (χ3v) is 2.23. The molecule has 0 atom stereocenters. The molecule has 1 aromatic rings. The maximum atomic E-state index is 13.4. The maximum absolute atomic E-state index is 13.4. The molecule has 0 radical (unpaired) electrons. The second-order valence-corrected chi connectivity index (χ2v) is 3.39. The first-order valence-corrected chi connectivity index (χ1v) is 4.73. The number of hydrogen-bond donors (Lipinski definition) is 3. The molecule has 0 aliphatic heterocycles. The monoisotopic (exact) mass is 243 g/mol. The van der Waals surface area contributed by atoms with E-state index in [1.54, 1.807) is 0 Å². The van der Waals surface area contributed by atoms with E-state index in [9.17, 15) is 18.8 Å². The molecule has 6 nitrogen and oxygen atoms in total. The molecule has 0 fully saturated rings. The van der Waals surface area contributed by atoms with Crippen molar-refractivity contribution < 1.29 is 29.0 Å². The second kappa shape index (κ2) is 5.24. The van der Waals surface area contributed by atoms with Crippen LogP contribution in [0.4, 0.5) is 4.39 Å². The lowest BCUT2D eigenvalue weighted by molar-refractivity contribution is -0.137. The number of hydrogen-bond acceptors (Lipinski definition) is 3. The maximum Gasteiger partial charge on any atom is 0.307 e. The number of carboxylic acid groups (broad SMARTS) is 2. The molecule has 0 aliphatic carbocycles. The Morgan fingerprint density at radius 1 is 1.24 bits per heavy atom. The molecular formula is C10H10FNO5. The molecule has 0 bridgehead atoms. The third-order valence-electron chi connectivity index (χ3n) is 2.23. The van der Waals surface area contributed by atoms with Gasteiger partial charge in [-0.2, -0.15) is 4.39 Å². The Labute approximate surface area is 95.1 Å². The standard InChI is InChI=1S/C10H10FNO5/c11-10-5(1-2-8(14)15)6(3-9(16)17)7(4-13)12-10/h4,12H,1-3H2,(H,14,15)(H,16,17). The number of aromatic nitrogens is 1. The molecule has 0 saturated heterocycles. The molecule has 92 valence electrons. The fraction of sp³-hybridized carbons (Fsp3) is 0.300. The van der Waals surface area contributed by atoms with Gasteiger partial charge in [0, 0.05) is 12.0 Å². The molecule has 1 rings (SSSR count). The Kier molecular flexibility index (Phi) is 3.97. The highest BCUT2D eigenvalue weighted by atomic mass is 19.1. The average Bonchev–Trinajstić information content (AvgIpc) is 2.51. The van der Waals surface area contributed by atoms with E-state index in [-0.39, 0.29) is 29.7 Å². The van der Waals surface area contributed by atoms with Gasteiger partial charge in [0.1, 0.15) is 0 Å². The number of aromatic amines is 1. The minimum absolute atomic E-state index is 0.00579. The largest absolute Gasteiger partial charge is 0.481 e. The van der Waals surface area contributed by atoms with Gasteiger partial charge >= 0.3 is 11.9 Å². The normalized spacial score (nSPS) is 10.2. The van der Waals surface area contributed by atoms with E-state index in [0.717, 1.165) is 0 Å². The van der Waals surface area contributed by atoms with Crippen molar-refractivity contribution in [1.82, 2.24) is 4.98 Å². The summed E-state index contributed by atoms with van der Waals surface area (Å²) in [5, 5.41) is 17.1. The van der Waals surface area contributed by atoms with Crippen LogP contribution in [-0.4, -0.2) is 33.4 Å². The summed E-state index contributed by atoms with van der Waals surface area (Å²) in [5.41, 5.74) is -0.214. The molecule has 7 heteroatoms. The lowest BCUT2D eigenvalue weighted by atomic mass is 10.0. The van der Waals surface area contributed by atoms with Crippen molar-refractivity contribution in [2.75, 3.05) is 0 Å². The number of H-pyrrole nitrogens is 1. The van der Waals surface area contributed by atoms with E-state index >= 15 is 0 Å². The van der Waals surface area contributed by atoms with Gasteiger partial charge in [-0.1, -0.05) is 0 Å². The van der Waals surface area contributed by atoms with Crippen LogP contribution in [0.1, 0.15) is 28.0 Å². The number of aliphatic carboxylic acids is 2. The van der Waals surface area contributed by atoms with Gasteiger partial charge < -0.3 is 15.2 Å². The number of nitrogens with one attached hydrogen (secondary N) is 1. The van der Waals surface area contributed by atoms with Crippen molar-refractivity contribution in [3.63, 3.8) is 0 Å². The van der Waals surface area contributed by atoms with Crippen LogP contribution in [0.25, 0.3) is 0 Å². The quantitative estimate of drug-likeness (QED) is 0.634. The van der Waals surface area contributed by atoms with E-state index in [4.69, 9.17) is 10.2 Å². The first-order chi connectivity index (χ1) is 7.95. The highest BCUT2D eigenvalue weighted by Crippen LogP contribution is 2.19. The third kappa shape index (κ3) is 3.13. The summed E-state index contributed by atoms with van der Waals surface area (Å²) >= 11 is 0. The summed E-state index contributed by atoms with van der Waals surface area (Å²) < 4.78 is 13.4. The van der Waals surface area contributed by atoms with Crippen LogP contribution in [0, 0.1) is 5.95 Å². The summed E-state index contributed by atoms with van der Waals surface area (Å²) in [6.07, 6.45) is -0.705. The summed E-state index contributed by atoms with van der Waals surface area (Å²) in [4.78, 5) is 33.6. The summed E-state index contributed by atoms with van der Waals surface area (Å²) in [6, 6.07) is 0. The Morgan fingerprint density at radius 2 is 1.88 bits per heavy atom. The number of aldehydes is 1. The van der Waals surface area contributed by atoms with Crippen LogP contribution in [-0.2, 0) is 22.4 Å². The molecule has 0 saturated carbocycles. The Bertz CT molecular complexity index is 466. The van der Waals surface area contributed by atoms with Gasteiger partial charge in [-0.25, -0.2) is 0 Å². The van der Waals surface area contributed by atoms with Crippen molar-refractivity contribution in [2.45, 2.75) is 19.3 Å². The lowest BCUT2D eigenvalue weighted by Crippen LogP contribution is -2.06. The molecular weight excluding hydrogens is 233 g/mol. The summed E-state index contributed by atoms with van der Waals surface area (Å²) in [5.74, 6) is -3.20. The highest BCUT2D eigenvalue weighted by Gasteiger charge is 2.19. The first-order valence-electron chi connectivity index (χ1n) is 4.73. The Balaban J connectivity index is 3.07. The molecule has 0 aromatic carbocycles. The zero-order valence-corrected chi connectivity index (χ0v) is 8.70. The predicted molar refractivity (Wildman–Crippen MR) is 53.4 cm³/mol.